The second-order valence-electron chi connectivity index (χ2n) is 8.78. The van der Waals surface area contributed by atoms with Gasteiger partial charge in [-0.15, -0.1) is 10.2 Å². The molecule has 1 atom stereocenters. The number of amides is 1. The van der Waals surface area contributed by atoms with Crippen LogP contribution in [0.5, 0.6) is 5.75 Å². The lowest BCUT2D eigenvalue weighted by Gasteiger charge is -2.48. The minimum atomic E-state index is -0.525. The minimum absolute atomic E-state index is 0.0206. The van der Waals surface area contributed by atoms with Gasteiger partial charge in [0.2, 0.25) is 11.8 Å². The smallest absolute Gasteiger partial charge is 0.254 e. The molecule has 2 fully saturated rings. The second kappa shape index (κ2) is 7.40. The Bertz CT molecular complexity index is 907. The number of carbonyl (C=O) groups is 1. The highest BCUT2D eigenvalue weighted by Gasteiger charge is 2.53. The third kappa shape index (κ3) is 3.73. The zero-order chi connectivity index (χ0) is 20.8. The lowest BCUT2D eigenvalue weighted by atomic mass is 9.77. The Balaban J connectivity index is 1.40. The van der Waals surface area contributed by atoms with Gasteiger partial charge in [-0.3, -0.25) is 9.69 Å². The van der Waals surface area contributed by atoms with Gasteiger partial charge >= 0.3 is 0 Å². The molecule has 2 saturated heterocycles. The summed E-state index contributed by atoms with van der Waals surface area (Å²) in [6.45, 7) is 6.39. The number of nitrogens with zero attached hydrogens (tertiary/aromatic N) is 4. The van der Waals surface area contributed by atoms with Gasteiger partial charge in [0.15, 0.2) is 11.6 Å². The van der Waals surface area contributed by atoms with Crippen molar-refractivity contribution in [3.8, 4) is 5.75 Å². The Morgan fingerprint density at radius 2 is 2.10 bits per heavy atom. The monoisotopic (exact) mass is 402 g/mol. The highest BCUT2D eigenvalue weighted by Crippen LogP contribution is 2.47. The molecule has 0 bridgehead atoms. The van der Waals surface area contributed by atoms with Gasteiger partial charge in [-0.1, -0.05) is 13.8 Å². The van der Waals surface area contributed by atoms with E-state index in [9.17, 15) is 9.18 Å². The van der Waals surface area contributed by atoms with Gasteiger partial charge in [-0.25, -0.2) is 4.39 Å². The van der Waals surface area contributed by atoms with Gasteiger partial charge in [-0.05, 0) is 37.6 Å². The SMILES string of the molecule is COc1ccc(C(=O)N2CC3(CC(c4nnc(CC(C)C)o4)N(C)C3)C2)cc1F. The number of halogens is 1. The molecule has 1 unspecified atom stereocenters. The number of likely N-dealkylation sites (tertiary alicyclic amines) is 2. The molecule has 8 heteroatoms. The van der Waals surface area contributed by atoms with Crippen LogP contribution in [0.25, 0.3) is 0 Å². The Labute approximate surface area is 169 Å². The molecule has 1 aromatic carbocycles. The summed E-state index contributed by atoms with van der Waals surface area (Å²) in [5, 5.41) is 8.44. The minimum Gasteiger partial charge on any atom is -0.494 e. The highest BCUT2D eigenvalue weighted by atomic mass is 19.1. The van der Waals surface area contributed by atoms with Gasteiger partial charge in [0.05, 0.1) is 13.2 Å². The van der Waals surface area contributed by atoms with Crippen LogP contribution in [0, 0.1) is 17.2 Å². The molecule has 2 aliphatic rings. The normalized spacial score (nSPS) is 21.0. The maximum absolute atomic E-state index is 13.9. The van der Waals surface area contributed by atoms with Crippen molar-refractivity contribution in [1.82, 2.24) is 20.0 Å². The summed E-state index contributed by atoms with van der Waals surface area (Å²) in [4.78, 5) is 16.7. The lowest BCUT2D eigenvalue weighted by molar-refractivity contribution is 0.0114. The molecule has 29 heavy (non-hydrogen) atoms. The molecule has 4 rings (SSSR count). The van der Waals surface area contributed by atoms with Crippen LogP contribution in [0.15, 0.2) is 22.6 Å². The standard InChI is InChI=1S/C21H27FN4O3/c1-13(2)7-18-23-24-19(29-18)16-9-21(10-25(16)3)11-26(12-21)20(27)14-5-6-17(28-4)15(22)8-14/h5-6,8,13,16H,7,9-12H2,1-4H3. The number of ether oxygens (including phenoxy) is 1. The molecule has 156 valence electrons. The summed E-state index contributed by atoms with van der Waals surface area (Å²) < 4.78 is 24.7. The molecule has 1 amide bonds. The summed E-state index contributed by atoms with van der Waals surface area (Å²) in [6.07, 6.45) is 1.64. The van der Waals surface area contributed by atoms with Gasteiger partial charge in [0.25, 0.3) is 5.91 Å². The zero-order valence-corrected chi connectivity index (χ0v) is 17.3. The fraction of sp³-hybridized carbons (Fsp3) is 0.571. The van der Waals surface area contributed by atoms with Crippen LogP contribution in [-0.4, -0.2) is 59.7 Å². The zero-order valence-electron chi connectivity index (χ0n) is 17.3. The summed E-state index contributed by atoms with van der Waals surface area (Å²) in [5.41, 5.74) is 0.364. The van der Waals surface area contributed by atoms with Crippen molar-refractivity contribution in [2.24, 2.45) is 11.3 Å². The van der Waals surface area contributed by atoms with Crippen LogP contribution >= 0.6 is 0 Å². The molecule has 2 aromatic rings. The lowest BCUT2D eigenvalue weighted by Crippen LogP contribution is -2.59. The summed E-state index contributed by atoms with van der Waals surface area (Å²) in [6, 6.07) is 4.40. The number of rotatable bonds is 5. The average molecular weight is 402 g/mol. The van der Waals surface area contributed by atoms with Crippen LogP contribution in [0.3, 0.4) is 0 Å². The van der Waals surface area contributed by atoms with E-state index in [4.69, 9.17) is 9.15 Å². The topological polar surface area (TPSA) is 71.7 Å². The molecule has 0 aliphatic carbocycles. The van der Waals surface area contributed by atoms with Crippen LogP contribution in [-0.2, 0) is 6.42 Å². The van der Waals surface area contributed by atoms with E-state index in [-0.39, 0.29) is 23.1 Å². The Hall–Kier alpha value is -2.48. The van der Waals surface area contributed by atoms with E-state index in [2.05, 4.69) is 36.0 Å². The number of hydrogen-bond donors (Lipinski definition) is 0. The summed E-state index contributed by atoms with van der Waals surface area (Å²) >= 11 is 0. The highest BCUT2D eigenvalue weighted by molar-refractivity contribution is 5.95. The predicted octanol–water partition coefficient (Wildman–Crippen LogP) is 2.93. The molecular weight excluding hydrogens is 375 g/mol. The van der Waals surface area contributed by atoms with E-state index in [1.807, 2.05) is 0 Å². The van der Waals surface area contributed by atoms with E-state index >= 15 is 0 Å². The largest absolute Gasteiger partial charge is 0.494 e. The van der Waals surface area contributed by atoms with Crippen molar-refractivity contribution in [3.63, 3.8) is 0 Å². The first-order valence-corrected chi connectivity index (χ1v) is 9.95. The Morgan fingerprint density at radius 3 is 2.76 bits per heavy atom. The first-order chi connectivity index (χ1) is 13.8. The van der Waals surface area contributed by atoms with Crippen molar-refractivity contribution >= 4 is 5.91 Å². The Kier molecular flexibility index (Phi) is 5.06. The van der Waals surface area contributed by atoms with Gasteiger partial charge in [0, 0.05) is 37.0 Å². The number of benzene rings is 1. The molecule has 2 aliphatic heterocycles. The fourth-order valence-electron chi connectivity index (χ4n) is 4.50. The second-order valence-corrected chi connectivity index (χ2v) is 8.78. The molecule has 0 saturated carbocycles. The number of aromatic nitrogens is 2. The summed E-state index contributed by atoms with van der Waals surface area (Å²) in [7, 11) is 3.45. The first-order valence-electron chi connectivity index (χ1n) is 9.95. The first kappa shape index (κ1) is 19.8. The van der Waals surface area contributed by atoms with Crippen molar-refractivity contribution < 1.29 is 18.3 Å². The third-order valence-corrected chi connectivity index (χ3v) is 5.83. The van der Waals surface area contributed by atoms with E-state index in [1.165, 1.54) is 19.2 Å². The van der Waals surface area contributed by atoms with Crippen LogP contribution in [0.2, 0.25) is 0 Å². The number of carbonyl (C=O) groups excluding carboxylic acids is 1. The van der Waals surface area contributed by atoms with E-state index in [1.54, 1.807) is 11.0 Å². The van der Waals surface area contributed by atoms with Gasteiger partial charge in [-0.2, -0.15) is 0 Å². The average Bonchev–Trinajstić information content (AvgIpc) is 3.23. The molecule has 7 nitrogen and oxygen atoms in total. The quantitative estimate of drug-likeness (QED) is 0.766. The molecule has 1 aromatic heterocycles. The van der Waals surface area contributed by atoms with Crippen LogP contribution < -0.4 is 4.74 Å². The molecule has 1 spiro atoms. The van der Waals surface area contributed by atoms with Gasteiger partial charge < -0.3 is 14.1 Å². The third-order valence-electron chi connectivity index (χ3n) is 5.83. The van der Waals surface area contributed by atoms with Crippen molar-refractivity contribution in [3.05, 3.63) is 41.4 Å². The van der Waals surface area contributed by atoms with Crippen LogP contribution in [0.4, 0.5) is 4.39 Å². The molecule has 0 N–H and O–H groups in total. The molecular formula is C21H27FN4O3. The van der Waals surface area contributed by atoms with Crippen molar-refractivity contribution in [2.75, 3.05) is 33.8 Å². The fourth-order valence-corrected chi connectivity index (χ4v) is 4.50. The number of hydrogen-bond acceptors (Lipinski definition) is 6. The molecule has 0 radical (unpaired) electrons. The molecule has 3 heterocycles. The van der Waals surface area contributed by atoms with Crippen molar-refractivity contribution in [1.29, 1.82) is 0 Å². The van der Waals surface area contributed by atoms with Crippen LogP contribution in [0.1, 0.15) is 48.4 Å². The Morgan fingerprint density at radius 1 is 1.34 bits per heavy atom. The van der Waals surface area contributed by atoms with E-state index < -0.39 is 5.82 Å². The predicted molar refractivity (Wildman–Crippen MR) is 104 cm³/mol. The number of methoxy groups -OCH3 is 1. The summed E-state index contributed by atoms with van der Waals surface area (Å²) in [5.74, 6) is 1.25. The van der Waals surface area contributed by atoms with E-state index in [0.29, 0.717) is 36.4 Å². The van der Waals surface area contributed by atoms with Gasteiger partial charge in [0.1, 0.15) is 0 Å². The van der Waals surface area contributed by atoms with E-state index in [0.717, 1.165) is 19.4 Å². The van der Waals surface area contributed by atoms with Crippen molar-refractivity contribution in [2.45, 2.75) is 32.7 Å². The maximum Gasteiger partial charge on any atom is 0.254 e. The maximum atomic E-state index is 13.9.